The molecule has 2 nitrogen and oxygen atoms in total. The molecule has 3 heteroatoms. The summed E-state index contributed by atoms with van der Waals surface area (Å²) in [5, 5.41) is 9.93. The predicted octanol–water partition coefficient (Wildman–Crippen LogP) is 2.36. The summed E-state index contributed by atoms with van der Waals surface area (Å²) in [5.41, 5.74) is 0.0895. The van der Waals surface area contributed by atoms with Gasteiger partial charge < -0.3 is 9.76 Å². The zero-order valence-corrected chi connectivity index (χ0v) is 10.5. The van der Waals surface area contributed by atoms with E-state index in [1.165, 1.54) is 24.7 Å². The van der Waals surface area contributed by atoms with Crippen LogP contribution in [0.1, 0.15) is 53.4 Å². The van der Waals surface area contributed by atoms with Gasteiger partial charge in [0.15, 0.2) is 0 Å². The van der Waals surface area contributed by atoms with Crippen molar-refractivity contribution in [3.05, 3.63) is 11.5 Å². The lowest BCUT2D eigenvalue weighted by Crippen LogP contribution is -2.48. The highest BCUT2D eigenvalue weighted by Crippen LogP contribution is 2.26. The molecule has 1 aliphatic rings. The van der Waals surface area contributed by atoms with E-state index < -0.39 is 11.2 Å². The molecular formula is C12H23BO2. The van der Waals surface area contributed by atoms with Crippen LogP contribution in [0, 0.1) is 0 Å². The summed E-state index contributed by atoms with van der Waals surface area (Å²) in [6.07, 6.45) is 7.20. The summed E-state index contributed by atoms with van der Waals surface area (Å²) in [6, 6.07) is 0. The molecule has 0 atom stereocenters. The van der Waals surface area contributed by atoms with Crippen molar-refractivity contribution in [1.82, 2.24) is 0 Å². The summed E-state index contributed by atoms with van der Waals surface area (Å²) >= 11 is 0. The van der Waals surface area contributed by atoms with E-state index in [4.69, 9.17) is 4.65 Å². The first kappa shape index (κ1) is 12.8. The molecule has 0 saturated carbocycles. The van der Waals surface area contributed by atoms with Crippen molar-refractivity contribution in [3.8, 4) is 0 Å². The smallest absolute Gasteiger partial charge is 0.305 e. The maximum atomic E-state index is 9.93. The predicted molar refractivity (Wildman–Crippen MR) is 65.2 cm³/mol. The van der Waals surface area contributed by atoms with Gasteiger partial charge in [-0.05, 0) is 53.4 Å². The van der Waals surface area contributed by atoms with Crippen LogP contribution in [0.5, 0.6) is 0 Å². The molecule has 1 rings (SSSR count). The van der Waals surface area contributed by atoms with E-state index in [-0.39, 0.29) is 0 Å². The van der Waals surface area contributed by atoms with Gasteiger partial charge in [-0.25, -0.2) is 0 Å². The zero-order chi connectivity index (χ0) is 11.5. The number of aliphatic hydroxyl groups is 1. The Balaban J connectivity index is 2.45. The van der Waals surface area contributed by atoms with Crippen LogP contribution in [0.15, 0.2) is 11.5 Å². The Bertz CT molecular complexity index is 238. The van der Waals surface area contributed by atoms with Gasteiger partial charge in [0.2, 0.25) is 0 Å². The molecule has 1 aliphatic carbocycles. The minimum absolute atomic E-state index is 0.495. The monoisotopic (exact) mass is 210 g/mol. The standard InChI is InChI=1S/C12H23BO2/c1-11(2,14)12(3,4)15-13-10-8-6-5-7-9-10/h8,13-14H,5-7,9H2,1-4H3. The molecule has 0 fully saturated rings. The fourth-order valence-corrected chi connectivity index (χ4v) is 1.49. The van der Waals surface area contributed by atoms with Gasteiger partial charge >= 0.3 is 7.48 Å². The Morgan fingerprint density at radius 3 is 2.40 bits per heavy atom. The number of allylic oxidation sites excluding steroid dienone is 2. The minimum atomic E-state index is -0.803. The van der Waals surface area contributed by atoms with Crippen LogP contribution in [0.4, 0.5) is 0 Å². The summed E-state index contributed by atoms with van der Waals surface area (Å²) < 4.78 is 5.82. The lowest BCUT2D eigenvalue weighted by molar-refractivity contribution is -0.0897. The third-order valence-electron chi connectivity index (χ3n) is 3.48. The average Bonchev–Trinajstić information content (AvgIpc) is 2.15. The topological polar surface area (TPSA) is 29.5 Å². The highest BCUT2D eigenvalue weighted by molar-refractivity contribution is 6.38. The minimum Gasteiger partial charge on any atom is -0.427 e. The molecule has 15 heavy (non-hydrogen) atoms. The molecule has 0 spiro atoms. The molecule has 0 aliphatic heterocycles. The van der Waals surface area contributed by atoms with Crippen molar-refractivity contribution >= 4 is 7.48 Å². The summed E-state index contributed by atoms with van der Waals surface area (Å²) in [7, 11) is 0.664. The normalized spacial score (nSPS) is 18.6. The van der Waals surface area contributed by atoms with Crippen LogP contribution >= 0.6 is 0 Å². The SMILES string of the molecule is CC(C)(O)C(C)(C)OBC1=CCCCC1. The second-order valence-corrected chi connectivity index (χ2v) is 5.47. The molecule has 0 bridgehead atoms. The average molecular weight is 210 g/mol. The van der Waals surface area contributed by atoms with Crippen molar-refractivity contribution in [2.24, 2.45) is 0 Å². The van der Waals surface area contributed by atoms with Crippen LogP contribution in [0.25, 0.3) is 0 Å². The largest absolute Gasteiger partial charge is 0.427 e. The van der Waals surface area contributed by atoms with Gasteiger partial charge in [0, 0.05) is 0 Å². The molecule has 0 saturated heterocycles. The van der Waals surface area contributed by atoms with Crippen molar-refractivity contribution < 1.29 is 9.76 Å². The van der Waals surface area contributed by atoms with Crippen LogP contribution in [0.3, 0.4) is 0 Å². The molecule has 0 heterocycles. The molecule has 0 amide bonds. The van der Waals surface area contributed by atoms with Gasteiger partial charge in [-0.1, -0.05) is 11.5 Å². The maximum absolute atomic E-state index is 9.93. The second kappa shape index (κ2) is 4.71. The zero-order valence-electron chi connectivity index (χ0n) is 10.5. The Morgan fingerprint density at radius 2 is 1.93 bits per heavy atom. The number of hydrogen-bond donors (Lipinski definition) is 1. The van der Waals surface area contributed by atoms with E-state index in [9.17, 15) is 5.11 Å². The second-order valence-electron chi connectivity index (χ2n) is 5.47. The van der Waals surface area contributed by atoms with Crippen LogP contribution in [0.2, 0.25) is 0 Å². The summed E-state index contributed by atoms with van der Waals surface area (Å²) in [4.78, 5) is 0. The van der Waals surface area contributed by atoms with E-state index in [0.29, 0.717) is 7.48 Å². The van der Waals surface area contributed by atoms with Crippen molar-refractivity contribution in [3.63, 3.8) is 0 Å². The van der Waals surface area contributed by atoms with Crippen LogP contribution in [-0.2, 0) is 4.65 Å². The van der Waals surface area contributed by atoms with Gasteiger partial charge in [0.05, 0.1) is 11.2 Å². The fraction of sp³-hybridized carbons (Fsp3) is 0.833. The fourth-order valence-electron chi connectivity index (χ4n) is 1.49. The van der Waals surface area contributed by atoms with E-state index in [2.05, 4.69) is 6.08 Å². The van der Waals surface area contributed by atoms with Gasteiger partial charge in [-0.3, -0.25) is 0 Å². The van der Waals surface area contributed by atoms with Gasteiger partial charge in [0.25, 0.3) is 0 Å². The maximum Gasteiger partial charge on any atom is 0.305 e. The quantitative estimate of drug-likeness (QED) is 0.721. The lowest BCUT2D eigenvalue weighted by Gasteiger charge is -2.38. The number of rotatable bonds is 4. The molecule has 1 N–H and O–H groups in total. The molecule has 0 radical (unpaired) electrons. The van der Waals surface area contributed by atoms with Crippen molar-refractivity contribution in [1.29, 1.82) is 0 Å². The van der Waals surface area contributed by atoms with E-state index in [0.717, 1.165) is 6.42 Å². The molecule has 0 aromatic carbocycles. The Labute approximate surface area is 94.0 Å². The third-order valence-corrected chi connectivity index (χ3v) is 3.48. The molecule has 0 aromatic heterocycles. The highest BCUT2D eigenvalue weighted by Gasteiger charge is 2.35. The van der Waals surface area contributed by atoms with E-state index in [1.807, 2.05) is 13.8 Å². The van der Waals surface area contributed by atoms with Gasteiger partial charge in [-0.15, -0.1) is 0 Å². The third kappa shape index (κ3) is 3.65. The Hall–Kier alpha value is -0.275. The summed E-state index contributed by atoms with van der Waals surface area (Å²) in [6.45, 7) is 7.47. The van der Waals surface area contributed by atoms with Crippen LogP contribution in [-0.4, -0.2) is 23.8 Å². The summed E-state index contributed by atoms with van der Waals surface area (Å²) in [5.74, 6) is 0. The number of hydrogen-bond acceptors (Lipinski definition) is 2. The van der Waals surface area contributed by atoms with Crippen molar-refractivity contribution in [2.45, 2.75) is 64.6 Å². The van der Waals surface area contributed by atoms with Gasteiger partial charge in [0.1, 0.15) is 0 Å². The van der Waals surface area contributed by atoms with Crippen molar-refractivity contribution in [2.75, 3.05) is 0 Å². The lowest BCUT2D eigenvalue weighted by atomic mass is 9.77. The van der Waals surface area contributed by atoms with E-state index >= 15 is 0 Å². The Kier molecular flexibility index (Phi) is 4.02. The molecule has 86 valence electrons. The first-order chi connectivity index (χ1) is 6.83. The first-order valence-corrected chi connectivity index (χ1v) is 5.87. The highest BCUT2D eigenvalue weighted by atomic mass is 16.5. The molecule has 0 aromatic rings. The van der Waals surface area contributed by atoms with Gasteiger partial charge in [-0.2, -0.15) is 0 Å². The molecular weight excluding hydrogens is 187 g/mol. The van der Waals surface area contributed by atoms with Crippen LogP contribution < -0.4 is 0 Å². The van der Waals surface area contributed by atoms with E-state index in [1.54, 1.807) is 13.8 Å². The Morgan fingerprint density at radius 1 is 1.27 bits per heavy atom. The molecule has 0 unspecified atom stereocenters. The first-order valence-electron chi connectivity index (χ1n) is 5.87.